The number of ether oxygens (including phenoxy) is 1. The molecule has 7 nitrogen and oxygen atoms in total. The highest BCUT2D eigenvalue weighted by Crippen LogP contribution is 2.38. The van der Waals surface area contributed by atoms with Crippen molar-refractivity contribution in [2.24, 2.45) is 0 Å². The van der Waals surface area contributed by atoms with Crippen molar-refractivity contribution in [3.05, 3.63) is 22.8 Å². The molecule has 0 aliphatic carbocycles. The van der Waals surface area contributed by atoms with Crippen LogP contribution in [0.15, 0.2) is 12.4 Å². The first-order valence-electron chi connectivity index (χ1n) is 7.74. The second kappa shape index (κ2) is 6.82. The van der Waals surface area contributed by atoms with Gasteiger partial charge in [0.15, 0.2) is 0 Å². The summed E-state index contributed by atoms with van der Waals surface area (Å²) in [6, 6.07) is 0. The zero-order valence-corrected chi connectivity index (χ0v) is 14.8. The van der Waals surface area contributed by atoms with Crippen molar-refractivity contribution in [3.8, 4) is 0 Å². The van der Waals surface area contributed by atoms with Gasteiger partial charge in [0.1, 0.15) is 17.0 Å². The highest BCUT2D eigenvalue weighted by molar-refractivity contribution is 7.20. The number of thiophene rings is 1. The lowest BCUT2D eigenvalue weighted by atomic mass is 9.97. The number of aromatic nitrogens is 2. The molecule has 8 heteroatoms. The van der Waals surface area contributed by atoms with Gasteiger partial charge in [-0.05, 0) is 6.42 Å². The second-order valence-electron chi connectivity index (χ2n) is 6.01. The standard InChI is InChI=1S/C16H20N4O3S/c1-19(2)16(22)14-12(13-15(24-14)18-6-5-17-13)10-4-7-20(8-10)11(21)9-23-3/h5-6,10H,4,7-9H2,1-3H3. The largest absolute Gasteiger partial charge is 0.375 e. The monoisotopic (exact) mass is 348 g/mol. The van der Waals surface area contributed by atoms with E-state index in [1.54, 1.807) is 36.3 Å². The van der Waals surface area contributed by atoms with E-state index in [4.69, 9.17) is 4.74 Å². The molecule has 2 amide bonds. The van der Waals surface area contributed by atoms with Gasteiger partial charge in [-0.2, -0.15) is 0 Å². The van der Waals surface area contributed by atoms with Crippen LogP contribution in [0.5, 0.6) is 0 Å². The first-order valence-corrected chi connectivity index (χ1v) is 8.56. The molecule has 1 atom stereocenters. The lowest BCUT2D eigenvalue weighted by molar-refractivity contribution is -0.134. The Morgan fingerprint density at radius 1 is 1.38 bits per heavy atom. The summed E-state index contributed by atoms with van der Waals surface area (Å²) < 4.78 is 4.93. The SMILES string of the molecule is COCC(=O)N1CCC(c2c(C(=O)N(C)C)sc3nccnc23)C1. The number of amides is 2. The topological polar surface area (TPSA) is 75.6 Å². The van der Waals surface area contributed by atoms with E-state index in [1.807, 2.05) is 0 Å². The van der Waals surface area contributed by atoms with Gasteiger partial charge in [-0.3, -0.25) is 14.6 Å². The van der Waals surface area contributed by atoms with Gasteiger partial charge in [0.25, 0.3) is 5.91 Å². The number of hydrogen-bond acceptors (Lipinski definition) is 6. The number of rotatable bonds is 4. The molecule has 3 heterocycles. The summed E-state index contributed by atoms with van der Waals surface area (Å²) in [5.74, 6) is 0.0257. The Hall–Kier alpha value is -2.06. The zero-order chi connectivity index (χ0) is 17.3. The van der Waals surface area contributed by atoms with Crippen molar-refractivity contribution in [1.82, 2.24) is 19.8 Å². The highest BCUT2D eigenvalue weighted by atomic mass is 32.1. The molecule has 1 aliphatic rings. The summed E-state index contributed by atoms with van der Waals surface area (Å²) in [6.45, 7) is 1.33. The van der Waals surface area contributed by atoms with Crippen LogP contribution in [0.3, 0.4) is 0 Å². The fourth-order valence-corrected chi connectivity index (χ4v) is 4.23. The fourth-order valence-electron chi connectivity index (χ4n) is 3.02. The van der Waals surface area contributed by atoms with Gasteiger partial charge in [0, 0.05) is 58.2 Å². The van der Waals surface area contributed by atoms with E-state index >= 15 is 0 Å². The quantitative estimate of drug-likeness (QED) is 0.834. The van der Waals surface area contributed by atoms with Crippen LogP contribution in [-0.2, 0) is 9.53 Å². The van der Waals surface area contributed by atoms with Gasteiger partial charge >= 0.3 is 0 Å². The molecule has 2 aromatic rings. The van der Waals surface area contributed by atoms with Crippen LogP contribution in [0.2, 0.25) is 0 Å². The van der Waals surface area contributed by atoms with Crippen molar-refractivity contribution in [2.75, 3.05) is 40.9 Å². The first-order chi connectivity index (χ1) is 11.5. The predicted molar refractivity (Wildman–Crippen MR) is 91.2 cm³/mol. The molecule has 0 spiro atoms. The van der Waals surface area contributed by atoms with Gasteiger partial charge in [0.2, 0.25) is 5.91 Å². The minimum atomic E-state index is -0.0449. The van der Waals surface area contributed by atoms with Crippen LogP contribution in [-0.4, -0.2) is 72.5 Å². The molecule has 0 N–H and O–H groups in total. The minimum absolute atomic E-state index is 0.0221. The summed E-state index contributed by atoms with van der Waals surface area (Å²) in [5.41, 5.74) is 1.70. The molecule has 0 bridgehead atoms. The Morgan fingerprint density at radius 2 is 2.12 bits per heavy atom. The van der Waals surface area contributed by atoms with Gasteiger partial charge in [-0.25, -0.2) is 4.98 Å². The van der Waals surface area contributed by atoms with Crippen LogP contribution >= 0.6 is 11.3 Å². The van der Waals surface area contributed by atoms with Gasteiger partial charge in [-0.1, -0.05) is 0 Å². The van der Waals surface area contributed by atoms with Gasteiger partial charge in [-0.15, -0.1) is 11.3 Å². The van der Waals surface area contributed by atoms with Crippen molar-refractivity contribution in [2.45, 2.75) is 12.3 Å². The maximum absolute atomic E-state index is 12.6. The smallest absolute Gasteiger partial charge is 0.263 e. The molecular weight excluding hydrogens is 328 g/mol. The Bertz CT molecular complexity index is 774. The molecule has 0 aromatic carbocycles. The number of nitrogens with zero attached hydrogens (tertiary/aromatic N) is 4. The molecule has 1 saturated heterocycles. The molecule has 3 rings (SSSR count). The number of carbonyl (C=O) groups is 2. The van der Waals surface area contributed by atoms with Gasteiger partial charge < -0.3 is 14.5 Å². The molecule has 24 heavy (non-hydrogen) atoms. The zero-order valence-electron chi connectivity index (χ0n) is 14.0. The maximum atomic E-state index is 12.6. The minimum Gasteiger partial charge on any atom is -0.375 e. The summed E-state index contributed by atoms with van der Waals surface area (Å²) in [6.07, 6.45) is 4.09. The number of hydrogen-bond donors (Lipinski definition) is 0. The third-order valence-corrected chi connectivity index (χ3v) is 5.27. The second-order valence-corrected chi connectivity index (χ2v) is 7.01. The van der Waals surface area contributed by atoms with E-state index in [0.29, 0.717) is 18.0 Å². The number of carbonyl (C=O) groups excluding carboxylic acids is 2. The maximum Gasteiger partial charge on any atom is 0.263 e. The lowest BCUT2D eigenvalue weighted by Crippen LogP contribution is -2.31. The van der Waals surface area contributed by atoms with Crippen LogP contribution in [0.1, 0.15) is 27.6 Å². The third-order valence-electron chi connectivity index (χ3n) is 4.18. The fraction of sp³-hybridized carbons (Fsp3) is 0.500. The van der Waals surface area contributed by atoms with E-state index in [2.05, 4.69) is 9.97 Å². The summed E-state index contributed by atoms with van der Waals surface area (Å²) in [5, 5.41) is 0. The first kappa shape index (κ1) is 16.8. The molecule has 1 aliphatic heterocycles. The molecule has 1 unspecified atom stereocenters. The Balaban J connectivity index is 1.98. The highest BCUT2D eigenvalue weighted by Gasteiger charge is 2.33. The van der Waals surface area contributed by atoms with E-state index < -0.39 is 0 Å². The van der Waals surface area contributed by atoms with Gasteiger partial charge in [0.05, 0.1) is 4.88 Å². The van der Waals surface area contributed by atoms with E-state index in [-0.39, 0.29) is 24.3 Å². The van der Waals surface area contributed by atoms with Crippen molar-refractivity contribution in [1.29, 1.82) is 0 Å². The van der Waals surface area contributed by atoms with Crippen LogP contribution in [0.25, 0.3) is 10.3 Å². The number of fused-ring (bicyclic) bond motifs is 1. The molecule has 0 radical (unpaired) electrons. The van der Waals surface area contributed by atoms with Crippen LogP contribution < -0.4 is 0 Å². The predicted octanol–water partition coefficient (Wildman–Crippen LogP) is 1.36. The average molecular weight is 348 g/mol. The lowest BCUT2D eigenvalue weighted by Gasteiger charge is -2.17. The summed E-state index contributed by atoms with van der Waals surface area (Å²) in [7, 11) is 4.99. The molecule has 128 valence electrons. The Morgan fingerprint density at radius 3 is 2.83 bits per heavy atom. The number of likely N-dealkylation sites (tertiary alicyclic amines) is 1. The van der Waals surface area contributed by atoms with E-state index in [9.17, 15) is 9.59 Å². The molecule has 2 aromatic heterocycles. The van der Waals surface area contributed by atoms with E-state index in [0.717, 1.165) is 22.3 Å². The molecular formula is C16H20N4O3S. The Labute approximate surface area is 144 Å². The molecule has 0 saturated carbocycles. The number of methoxy groups -OCH3 is 1. The summed E-state index contributed by atoms with van der Waals surface area (Å²) >= 11 is 1.37. The van der Waals surface area contributed by atoms with Crippen molar-refractivity contribution >= 4 is 33.5 Å². The normalized spacial score (nSPS) is 17.5. The van der Waals surface area contributed by atoms with Crippen LogP contribution in [0.4, 0.5) is 0 Å². The van der Waals surface area contributed by atoms with Crippen LogP contribution in [0, 0.1) is 0 Å². The third kappa shape index (κ3) is 2.99. The summed E-state index contributed by atoms with van der Waals surface area (Å²) in [4.78, 5) is 38.2. The van der Waals surface area contributed by atoms with E-state index in [1.165, 1.54) is 18.4 Å². The molecule has 1 fully saturated rings. The average Bonchev–Trinajstić information content (AvgIpc) is 3.18. The van der Waals surface area contributed by atoms with Crippen molar-refractivity contribution < 1.29 is 14.3 Å². The Kier molecular flexibility index (Phi) is 4.77. The van der Waals surface area contributed by atoms with Crippen molar-refractivity contribution in [3.63, 3.8) is 0 Å².